The van der Waals surface area contributed by atoms with E-state index >= 15 is 0 Å². The summed E-state index contributed by atoms with van der Waals surface area (Å²) in [4.78, 5) is 36.6. The molecule has 1 N–H and O–H groups in total. The lowest BCUT2D eigenvalue weighted by Gasteiger charge is -2.24. The Kier molecular flexibility index (Phi) is 5.20. The molecule has 3 aliphatic rings. The number of carbonyl (C=O) groups is 2. The van der Waals surface area contributed by atoms with Crippen molar-refractivity contribution in [3.05, 3.63) is 39.3 Å². The smallest absolute Gasteiger partial charge is 0.222 e. The number of hydrogen-bond acceptors (Lipinski definition) is 6. The first kappa shape index (κ1) is 18.9. The summed E-state index contributed by atoms with van der Waals surface area (Å²) in [5, 5.41) is 3.43. The molecule has 0 aromatic carbocycles. The van der Waals surface area contributed by atoms with E-state index in [-0.39, 0.29) is 17.7 Å². The van der Waals surface area contributed by atoms with Gasteiger partial charge in [-0.25, -0.2) is 9.97 Å². The second-order valence-electron chi connectivity index (χ2n) is 8.78. The largest absolute Gasteiger partial charge is 0.351 e. The maximum atomic E-state index is 13.2. The molecule has 6 heteroatoms. The number of carbonyl (C=O) groups excluding carboxylic acids is 2. The van der Waals surface area contributed by atoms with Crippen molar-refractivity contribution in [2.75, 3.05) is 5.32 Å². The predicted octanol–water partition coefficient (Wildman–Crippen LogP) is 4.40. The van der Waals surface area contributed by atoms with Crippen LogP contribution in [0.3, 0.4) is 0 Å². The van der Waals surface area contributed by atoms with Crippen molar-refractivity contribution in [2.24, 2.45) is 11.8 Å². The van der Waals surface area contributed by atoms with E-state index in [1.165, 1.54) is 23.3 Å². The van der Waals surface area contributed by atoms with Crippen LogP contribution in [0.15, 0.2) is 18.5 Å². The highest BCUT2D eigenvalue weighted by Crippen LogP contribution is 2.40. The van der Waals surface area contributed by atoms with Gasteiger partial charge in [-0.15, -0.1) is 11.3 Å². The maximum Gasteiger partial charge on any atom is 0.222 e. The Morgan fingerprint density at radius 3 is 2.62 bits per heavy atom. The van der Waals surface area contributed by atoms with Gasteiger partial charge in [-0.3, -0.25) is 9.59 Å². The van der Waals surface area contributed by atoms with Crippen molar-refractivity contribution in [1.29, 1.82) is 0 Å². The number of anilines is 1. The molecule has 2 aromatic rings. The molecule has 1 atom stereocenters. The summed E-state index contributed by atoms with van der Waals surface area (Å²) in [6, 6.07) is 2.03. The zero-order chi connectivity index (χ0) is 19.8. The molecule has 2 fully saturated rings. The highest BCUT2D eigenvalue weighted by atomic mass is 32.1. The van der Waals surface area contributed by atoms with E-state index in [9.17, 15) is 9.59 Å². The third kappa shape index (κ3) is 4.42. The molecule has 5 rings (SSSR count). The minimum atomic E-state index is 0.224. The lowest BCUT2D eigenvalue weighted by atomic mass is 9.88. The average molecular weight is 410 g/mol. The molecule has 2 heterocycles. The highest BCUT2D eigenvalue weighted by molar-refractivity contribution is 7.12. The van der Waals surface area contributed by atoms with Gasteiger partial charge in [0.1, 0.15) is 5.78 Å². The fraction of sp³-hybridized carbons (Fsp3) is 0.565. The molecule has 0 radical (unpaired) electrons. The van der Waals surface area contributed by atoms with Crippen LogP contribution in [0.2, 0.25) is 0 Å². The number of nitrogens with one attached hydrogen (secondary N) is 1. The summed E-state index contributed by atoms with van der Waals surface area (Å²) in [5.74, 6) is 2.21. The first-order valence-corrected chi connectivity index (χ1v) is 11.7. The van der Waals surface area contributed by atoms with E-state index in [0.717, 1.165) is 54.9 Å². The number of ketones is 2. The van der Waals surface area contributed by atoms with Gasteiger partial charge in [-0.05, 0) is 56.1 Å². The van der Waals surface area contributed by atoms with Gasteiger partial charge >= 0.3 is 0 Å². The van der Waals surface area contributed by atoms with Crippen molar-refractivity contribution in [3.63, 3.8) is 0 Å². The number of Topliss-reactive ketones (excluding diaryl/α,β-unsaturated/α-hetero) is 2. The fourth-order valence-electron chi connectivity index (χ4n) is 4.34. The number of aromatic nitrogens is 2. The van der Waals surface area contributed by atoms with Crippen molar-refractivity contribution in [1.82, 2.24) is 9.97 Å². The molecule has 152 valence electrons. The van der Waals surface area contributed by atoms with Crippen LogP contribution in [0.4, 0.5) is 5.95 Å². The quantitative estimate of drug-likeness (QED) is 0.622. The molecular formula is C23H27N3O2S. The van der Waals surface area contributed by atoms with Gasteiger partial charge in [0.2, 0.25) is 5.95 Å². The molecular weight excluding hydrogens is 382 g/mol. The molecule has 0 bridgehead atoms. The van der Waals surface area contributed by atoms with Gasteiger partial charge in [0.15, 0.2) is 5.78 Å². The van der Waals surface area contributed by atoms with Crippen molar-refractivity contribution < 1.29 is 9.59 Å². The Hall–Kier alpha value is -2.08. The first-order valence-electron chi connectivity index (χ1n) is 10.9. The minimum absolute atomic E-state index is 0.224. The van der Waals surface area contributed by atoms with Gasteiger partial charge in [0, 0.05) is 52.5 Å². The van der Waals surface area contributed by atoms with Crippen molar-refractivity contribution in [2.45, 2.75) is 70.3 Å². The topological polar surface area (TPSA) is 72.0 Å². The van der Waals surface area contributed by atoms with Crippen LogP contribution in [0, 0.1) is 11.8 Å². The normalized spacial score (nSPS) is 20.9. The second-order valence-corrected chi connectivity index (χ2v) is 9.97. The van der Waals surface area contributed by atoms with E-state index in [2.05, 4.69) is 15.3 Å². The number of thiophene rings is 1. The third-order valence-corrected chi connectivity index (χ3v) is 7.65. The molecule has 0 saturated heterocycles. The minimum Gasteiger partial charge on any atom is -0.351 e. The zero-order valence-corrected chi connectivity index (χ0v) is 17.5. The molecule has 29 heavy (non-hydrogen) atoms. The number of aryl methyl sites for hydroxylation is 1. The van der Waals surface area contributed by atoms with E-state index < -0.39 is 0 Å². The molecule has 0 spiro atoms. The van der Waals surface area contributed by atoms with Crippen LogP contribution in [-0.2, 0) is 24.1 Å². The number of hydrogen-bond donors (Lipinski definition) is 1. The summed E-state index contributed by atoms with van der Waals surface area (Å²) in [7, 11) is 0. The Bertz CT molecular complexity index is 916. The van der Waals surface area contributed by atoms with Gasteiger partial charge in [-0.2, -0.15) is 0 Å². The Balaban J connectivity index is 1.38. The molecule has 3 aliphatic carbocycles. The van der Waals surface area contributed by atoms with Gasteiger partial charge in [0.25, 0.3) is 0 Å². The van der Waals surface area contributed by atoms with Crippen molar-refractivity contribution in [3.8, 4) is 0 Å². The van der Waals surface area contributed by atoms with Crippen LogP contribution in [0.1, 0.15) is 70.6 Å². The average Bonchev–Trinajstić information content (AvgIpc) is 3.63. The molecule has 1 unspecified atom stereocenters. The van der Waals surface area contributed by atoms with Crippen molar-refractivity contribution >= 4 is 28.9 Å². The summed E-state index contributed by atoms with van der Waals surface area (Å²) in [6.07, 6.45) is 12.9. The SMILES string of the molecule is O=C(CCC1CC1)c1c(CC(=O)C2CC2)sc2c1CC(Nc1ncccn1)CC2. The van der Waals surface area contributed by atoms with Crippen LogP contribution in [0.25, 0.3) is 0 Å². The lowest BCUT2D eigenvalue weighted by molar-refractivity contribution is -0.119. The summed E-state index contributed by atoms with van der Waals surface area (Å²) >= 11 is 1.72. The third-order valence-electron chi connectivity index (χ3n) is 6.36. The van der Waals surface area contributed by atoms with Crippen LogP contribution in [-0.4, -0.2) is 27.6 Å². The zero-order valence-electron chi connectivity index (χ0n) is 16.7. The van der Waals surface area contributed by atoms with E-state index in [0.29, 0.717) is 24.6 Å². The summed E-state index contributed by atoms with van der Waals surface area (Å²) < 4.78 is 0. The Morgan fingerprint density at radius 1 is 1.10 bits per heavy atom. The number of fused-ring (bicyclic) bond motifs is 1. The van der Waals surface area contributed by atoms with Crippen LogP contribution >= 0.6 is 11.3 Å². The van der Waals surface area contributed by atoms with Gasteiger partial charge in [-0.1, -0.05) is 12.8 Å². The standard InChI is InChI=1S/C23H27N3O2S/c27-18(8-4-14-2-3-14)22-17-12-16(26-23-24-10-1-11-25-23)7-9-20(17)29-21(22)13-19(28)15-5-6-15/h1,10-11,14-16H,2-9,12-13H2,(H,24,25,26). The molecule has 2 aromatic heterocycles. The molecule has 5 nitrogen and oxygen atoms in total. The van der Waals surface area contributed by atoms with Gasteiger partial charge in [0.05, 0.1) is 0 Å². The predicted molar refractivity (Wildman–Crippen MR) is 114 cm³/mol. The summed E-state index contributed by atoms with van der Waals surface area (Å²) in [6.45, 7) is 0. The molecule has 2 saturated carbocycles. The van der Waals surface area contributed by atoms with E-state index in [1.807, 2.05) is 6.07 Å². The van der Waals surface area contributed by atoms with E-state index in [4.69, 9.17) is 0 Å². The fourth-order valence-corrected chi connectivity index (χ4v) is 5.72. The number of rotatable bonds is 9. The van der Waals surface area contributed by atoms with Gasteiger partial charge < -0.3 is 5.32 Å². The van der Waals surface area contributed by atoms with Crippen LogP contribution < -0.4 is 5.32 Å². The Morgan fingerprint density at radius 2 is 1.90 bits per heavy atom. The lowest BCUT2D eigenvalue weighted by Crippen LogP contribution is -2.28. The monoisotopic (exact) mass is 409 g/mol. The maximum absolute atomic E-state index is 13.2. The molecule has 0 amide bonds. The Labute approximate surface area is 175 Å². The second kappa shape index (κ2) is 7.98. The first-order chi connectivity index (χ1) is 14.2. The van der Waals surface area contributed by atoms with Crippen LogP contribution in [0.5, 0.6) is 0 Å². The number of nitrogens with zero attached hydrogens (tertiary/aromatic N) is 2. The van der Waals surface area contributed by atoms with E-state index in [1.54, 1.807) is 23.7 Å². The highest BCUT2D eigenvalue weighted by Gasteiger charge is 2.34. The summed E-state index contributed by atoms with van der Waals surface area (Å²) in [5.41, 5.74) is 2.08. The molecule has 0 aliphatic heterocycles.